The summed E-state index contributed by atoms with van der Waals surface area (Å²) < 4.78 is 24.0. The van der Waals surface area contributed by atoms with Crippen molar-refractivity contribution in [3.63, 3.8) is 0 Å². The number of sulfone groups is 1. The molecule has 3 rings (SSSR count). The van der Waals surface area contributed by atoms with Gasteiger partial charge in [0.25, 0.3) is 11.8 Å². The number of carbonyl (C=O) groups excluding carboxylic acids is 2. The van der Waals surface area contributed by atoms with Gasteiger partial charge in [-0.3, -0.25) is 9.59 Å². The molecule has 0 aromatic carbocycles. The van der Waals surface area contributed by atoms with Gasteiger partial charge in [-0.25, -0.2) is 8.42 Å². The van der Waals surface area contributed by atoms with Crippen LogP contribution in [0.25, 0.3) is 6.08 Å². The molecule has 0 fully saturated rings. The van der Waals surface area contributed by atoms with E-state index in [0.717, 1.165) is 31.6 Å². The number of aromatic amines is 1. The van der Waals surface area contributed by atoms with E-state index in [1.54, 1.807) is 12.2 Å². The first kappa shape index (κ1) is 32.3. The third-order valence-electron chi connectivity index (χ3n) is 6.54. The molecule has 0 spiro atoms. The third-order valence-corrected chi connectivity index (χ3v) is 8.32. The Labute approximate surface area is 237 Å². The first-order chi connectivity index (χ1) is 18.5. The van der Waals surface area contributed by atoms with E-state index in [1.165, 1.54) is 24.6 Å². The minimum absolute atomic E-state index is 0.164. The summed E-state index contributed by atoms with van der Waals surface area (Å²) in [4.78, 5) is 30.7. The second-order valence-electron chi connectivity index (χ2n) is 9.45. The zero-order valence-electron chi connectivity index (χ0n) is 23.5. The molecule has 214 valence electrons. The van der Waals surface area contributed by atoms with Crippen molar-refractivity contribution in [1.82, 2.24) is 20.5 Å². The van der Waals surface area contributed by atoms with E-state index in [9.17, 15) is 18.0 Å². The van der Waals surface area contributed by atoms with Crippen LogP contribution < -0.4 is 10.6 Å². The van der Waals surface area contributed by atoms with Crippen molar-refractivity contribution < 1.29 is 18.0 Å². The van der Waals surface area contributed by atoms with Gasteiger partial charge in [0.1, 0.15) is 0 Å². The molecule has 1 aromatic heterocycles. The van der Waals surface area contributed by atoms with Crippen LogP contribution in [0.4, 0.5) is 0 Å². The molecule has 0 radical (unpaired) electrons. The Hall–Kier alpha value is -2.88. The number of likely N-dealkylation sites (N-methyl/N-ethyl adjacent to an activating group) is 1. The predicted octanol–water partition coefficient (Wildman–Crippen LogP) is 4.20. The molecular weight excluding hydrogens is 536 g/mol. The topological polar surface area (TPSA) is 111 Å². The van der Waals surface area contributed by atoms with Crippen molar-refractivity contribution in [2.45, 2.75) is 51.2 Å². The van der Waals surface area contributed by atoms with Gasteiger partial charge < -0.3 is 20.5 Å². The van der Waals surface area contributed by atoms with Gasteiger partial charge >= 0.3 is 0 Å². The number of aryl methyl sites for hydroxylation is 1. The fourth-order valence-corrected chi connectivity index (χ4v) is 5.15. The van der Waals surface area contributed by atoms with Crippen LogP contribution in [0.2, 0.25) is 0 Å². The summed E-state index contributed by atoms with van der Waals surface area (Å²) in [6.07, 6.45) is 18.3. The van der Waals surface area contributed by atoms with Crippen molar-refractivity contribution in [2.24, 2.45) is 0 Å². The fraction of sp³-hybridized carbons (Fsp3) is 0.448. The Kier molecular flexibility index (Phi) is 13.0. The zero-order chi connectivity index (χ0) is 29.0. The maximum atomic E-state index is 12.8. The van der Waals surface area contributed by atoms with Crippen molar-refractivity contribution in [1.29, 1.82) is 0 Å². The van der Waals surface area contributed by atoms with E-state index < -0.39 is 15.1 Å². The third kappa shape index (κ3) is 10.3. The van der Waals surface area contributed by atoms with Gasteiger partial charge in [0, 0.05) is 42.5 Å². The minimum Gasteiger partial charge on any atom is -0.358 e. The highest BCUT2D eigenvalue weighted by Gasteiger charge is 2.20. The Morgan fingerprint density at radius 1 is 1.15 bits per heavy atom. The molecule has 2 unspecified atom stereocenters. The van der Waals surface area contributed by atoms with Crippen LogP contribution in [-0.4, -0.2) is 73.2 Å². The standard InChI is InChI=1S/C23H34N4O4S.C6H7Cl/c1-6-27(7-2)14-13-25-23(29)21-16(3)20(26-17(21)4)15-18-10-11-19(32(5,30)31)9-8-12-24-22(18)28;7-6-4-2-1-3-5-6/h8,10-12,15,19,26H,6-7,9,13-14H2,1-5H3,(H,24,28)(H,25,29);1-4,6H,5H2/b11-10+,12-8+,18-15-;. The second kappa shape index (κ2) is 15.6. The Morgan fingerprint density at radius 3 is 2.44 bits per heavy atom. The SMILES string of the molecule is CCN(CC)CCNC(=O)c1c(C)[nH]c(/C=C2/C=C/C(S(C)(=O)=O)C/C=C/NC2=O)c1C.ClC1C=CC=CC1. The maximum Gasteiger partial charge on any atom is 0.255 e. The molecule has 1 aliphatic carbocycles. The summed E-state index contributed by atoms with van der Waals surface area (Å²) in [5, 5.41) is 5.14. The van der Waals surface area contributed by atoms with Crippen LogP contribution in [0.15, 0.2) is 54.3 Å². The van der Waals surface area contributed by atoms with Crippen molar-refractivity contribution >= 4 is 39.3 Å². The first-order valence-corrected chi connectivity index (χ1v) is 15.6. The van der Waals surface area contributed by atoms with Crippen LogP contribution in [-0.2, 0) is 14.6 Å². The lowest BCUT2D eigenvalue weighted by molar-refractivity contribution is -0.116. The molecule has 8 nitrogen and oxygen atoms in total. The quantitative estimate of drug-likeness (QED) is 0.317. The summed E-state index contributed by atoms with van der Waals surface area (Å²) in [6, 6.07) is 0. The molecule has 0 bridgehead atoms. The molecule has 3 N–H and O–H groups in total. The van der Waals surface area contributed by atoms with Gasteiger partial charge in [0.05, 0.1) is 16.2 Å². The summed E-state index contributed by atoms with van der Waals surface area (Å²) in [7, 11) is -3.31. The Balaban J connectivity index is 0.000000658. The second-order valence-corrected chi connectivity index (χ2v) is 12.3. The molecule has 2 amide bonds. The highest BCUT2D eigenvalue weighted by Crippen LogP contribution is 2.21. The largest absolute Gasteiger partial charge is 0.358 e. The summed E-state index contributed by atoms with van der Waals surface area (Å²) in [5.41, 5.74) is 2.91. The fourth-order valence-electron chi connectivity index (χ4n) is 4.14. The lowest BCUT2D eigenvalue weighted by atomic mass is 10.1. The lowest BCUT2D eigenvalue weighted by Gasteiger charge is -2.18. The number of carbonyl (C=O) groups is 2. The summed E-state index contributed by atoms with van der Waals surface area (Å²) in [5.74, 6) is -0.522. The summed E-state index contributed by atoms with van der Waals surface area (Å²) in [6.45, 7) is 11.0. The van der Waals surface area contributed by atoms with Crippen LogP contribution in [0.1, 0.15) is 54.0 Å². The molecule has 2 atom stereocenters. The lowest BCUT2D eigenvalue weighted by Crippen LogP contribution is -2.35. The number of allylic oxidation sites excluding steroid dienone is 5. The summed E-state index contributed by atoms with van der Waals surface area (Å²) >= 11 is 5.68. The van der Waals surface area contributed by atoms with E-state index in [4.69, 9.17) is 11.6 Å². The van der Waals surface area contributed by atoms with Crippen molar-refractivity contribution in [3.8, 4) is 0 Å². The normalized spacial score (nSPS) is 21.8. The number of aromatic nitrogens is 1. The Morgan fingerprint density at radius 2 is 1.87 bits per heavy atom. The van der Waals surface area contributed by atoms with E-state index in [2.05, 4.69) is 40.4 Å². The monoisotopic (exact) mass is 576 g/mol. The van der Waals surface area contributed by atoms with Crippen molar-refractivity contribution in [3.05, 3.63) is 76.8 Å². The average Bonchev–Trinajstić information content (AvgIpc) is 3.21. The van der Waals surface area contributed by atoms with E-state index in [1.807, 2.05) is 32.1 Å². The van der Waals surface area contributed by atoms with Gasteiger partial charge in [-0.1, -0.05) is 56.4 Å². The van der Waals surface area contributed by atoms with E-state index in [0.29, 0.717) is 29.1 Å². The van der Waals surface area contributed by atoms with E-state index in [-0.39, 0.29) is 23.6 Å². The number of amides is 2. The van der Waals surface area contributed by atoms with Gasteiger partial charge in [-0.05, 0) is 51.4 Å². The van der Waals surface area contributed by atoms with E-state index >= 15 is 0 Å². The molecule has 2 aliphatic rings. The first-order valence-electron chi connectivity index (χ1n) is 13.2. The molecule has 1 aromatic rings. The number of rotatable bonds is 8. The molecule has 10 heteroatoms. The van der Waals surface area contributed by atoms with Gasteiger partial charge in [-0.15, -0.1) is 11.6 Å². The number of H-pyrrole nitrogens is 1. The van der Waals surface area contributed by atoms with Crippen LogP contribution in [0.5, 0.6) is 0 Å². The maximum absolute atomic E-state index is 12.8. The van der Waals surface area contributed by atoms with Crippen LogP contribution in [0.3, 0.4) is 0 Å². The van der Waals surface area contributed by atoms with Gasteiger partial charge in [0.15, 0.2) is 9.84 Å². The molecule has 0 saturated carbocycles. The molecule has 0 saturated heterocycles. The van der Waals surface area contributed by atoms with Crippen LogP contribution in [0, 0.1) is 13.8 Å². The minimum atomic E-state index is -3.31. The number of nitrogens with one attached hydrogen (secondary N) is 3. The molecular formula is C29H41ClN4O4S. The van der Waals surface area contributed by atoms with Crippen LogP contribution >= 0.6 is 11.6 Å². The van der Waals surface area contributed by atoms with Gasteiger partial charge in [-0.2, -0.15) is 0 Å². The average molecular weight is 577 g/mol. The highest BCUT2D eigenvalue weighted by molar-refractivity contribution is 7.91. The number of hydrogen-bond donors (Lipinski definition) is 3. The zero-order valence-corrected chi connectivity index (χ0v) is 25.0. The number of hydrogen-bond acceptors (Lipinski definition) is 5. The number of halogens is 1. The molecule has 2 heterocycles. The molecule has 39 heavy (non-hydrogen) atoms. The highest BCUT2D eigenvalue weighted by atomic mass is 35.5. The predicted molar refractivity (Wildman–Crippen MR) is 161 cm³/mol. The van der Waals surface area contributed by atoms with Gasteiger partial charge in [0.2, 0.25) is 0 Å². The number of nitrogens with zero attached hydrogens (tertiary/aromatic N) is 1. The Bertz CT molecular complexity index is 1250. The smallest absolute Gasteiger partial charge is 0.255 e. The molecule has 1 aliphatic heterocycles. The number of alkyl halides is 1. The van der Waals surface area contributed by atoms with Crippen molar-refractivity contribution in [2.75, 3.05) is 32.4 Å².